The molecule has 4 rings (SSSR count). The molecule has 24 heavy (non-hydrogen) atoms. The van der Waals surface area contributed by atoms with Gasteiger partial charge >= 0.3 is 0 Å². The molecule has 0 aliphatic carbocycles. The van der Waals surface area contributed by atoms with Gasteiger partial charge in [-0.15, -0.1) is 0 Å². The van der Waals surface area contributed by atoms with Gasteiger partial charge in [-0.3, -0.25) is 0 Å². The molecule has 0 spiro atoms. The summed E-state index contributed by atoms with van der Waals surface area (Å²) in [5, 5.41) is 0.900. The molecule has 5 nitrogen and oxygen atoms in total. The first-order valence-corrected chi connectivity index (χ1v) is 7.77. The quantitative estimate of drug-likeness (QED) is 0.732. The minimum atomic E-state index is -1.03. The van der Waals surface area contributed by atoms with Crippen LogP contribution >= 0.6 is 0 Å². The minimum Gasteiger partial charge on any atom is -0.493 e. The SMILES string of the molecule is COc1ccc2cc(C3(c4ccccc4)OCCO3)oc2c1OC. The summed E-state index contributed by atoms with van der Waals surface area (Å²) in [6.07, 6.45) is 0. The number of methoxy groups -OCH3 is 2. The Bertz CT molecular complexity index is 847. The maximum absolute atomic E-state index is 6.12. The number of hydrogen-bond donors (Lipinski definition) is 0. The third-order valence-corrected chi connectivity index (χ3v) is 4.20. The third-order valence-electron chi connectivity index (χ3n) is 4.20. The van der Waals surface area contributed by atoms with Gasteiger partial charge in [0.2, 0.25) is 5.75 Å². The number of benzene rings is 2. The number of ether oxygens (including phenoxy) is 4. The van der Waals surface area contributed by atoms with Gasteiger partial charge < -0.3 is 23.4 Å². The molecule has 0 atom stereocenters. The molecule has 1 aliphatic heterocycles. The average molecular weight is 326 g/mol. The van der Waals surface area contributed by atoms with Crippen molar-refractivity contribution < 1.29 is 23.4 Å². The molecule has 1 fully saturated rings. The zero-order valence-electron chi connectivity index (χ0n) is 13.6. The molecular formula is C19H18O5. The highest BCUT2D eigenvalue weighted by molar-refractivity contribution is 5.86. The Morgan fingerprint density at radius 1 is 0.917 bits per heavy atom. The van der Waals surface area contributed by atoms with E-state index < -0.39 is 5.79 Å². The van der Waals surface area contributed by atoms with E-state index in [4.69, 9.17) is 23.4 Å². The predicted octanol–water partition coefficient (Wildman–Crippen LogP) is 3.70. The molecule has 3 aromatic rings. The summed E-state index contributed by atoms with van der Waals surface area (Å²) in [7, 11) is 3.19. The van der Waals surface area contributed by atoms with Gasteiger partial charge in [-0.2, -0.15) is 0 Å². The van der Waals surface area contributed by atoms with Gasteiger partial charge in [-0.05, 0) is 18.2 Å². The van der Waals surface area contributed by atoms with Crippen molar-refractivity contribution >= 4 is 11.0 Å². The van der Waals surface area contributed by atoms with Crippen molar-refractivity contribution in [1.82, 2.24) is 0 Å². The molecule has 1 saturated heterocycles. The highest BCUT2D eigenvalue weighted by Gasteiger charge is 2.44. The third kappa shape index (κ3) is 2.17. The van der Waals surface area contributed by atoms with Crippen LogP contribution in [0.5, 0.6) is 11.5 Å². The van der Waals surface area contributed by atoms with Crippen molar-refractivity contribution in [2.75, 3.05) is 27.4 Å². The van der Waals surface area contributed by atoms with Crippen LogP contribution in [-0.4, -0.2) is 27.4 Å². The van der Waals surface area contributed by atoms with Crippen LogP contribution in [0, 0.1) is 0 Å². The molecule has 0 saturated carbocycles. The molecule has 0 N–H and O–H groups in total. The van der Waals surface area contributed by atoms with E-state index in [2.05, 4.69) is 0 Å². The van der Waals surface area contributed by atoms with Crippen LogP contribution in [0.4, 0.5) is 0 Å². The highest BCUT2D eigenvalue weighted by Crippen LogP contribution is 2.44. The lowest BCUT2D eigenvalue weighted by Gasteiger charge is -2.25. The number of hydrogen-bond acceptors (Lipinski definition) is 5. The fraction of sp³-hybridized carbons (Fsp3) is 0.263. The summed E-state index contributed by atoms with van der Waals surface area (Å²) < 4.78 is 28.9. The molecule has 0 amide bonds. The van der Waals surface area contributed by atoms with E-state index in [9.17, 15) is 0 Å². The topological polar surface area (TPSA) is 50.1 Å². The van der Waals surface area contributed by atoms with E-state index in [1.807, 2.05) is 48.5 Å². The van der Waals surface area contributed by atoms with Crippen LogP contribution in [0.15, 0.2) is 52.9 Å². The Morgan fingerprint density at radius 2 is 1.67 bits per heavy atom. The van der Waals surface area contributed by atoms with Gasteiger partial charge in [-0.25, -0.2) is 0 Å². The summed E-state index contributed by atoms with van der Waals surface area (Å²) in [6.45, 7) is 1.01. The largest absolute Gasteiger partial charge is 0.493 e. The van der Waals surface area contributed by atoms with Gasteiger partial charge in [0.15, 0.2) is 17.1 Å². The average Bonchev–Trinajstić information content (AvgIpc) is 3.29. The maximum atomic E-state index is 6.12. The van der Waals surface area contributed by atoms with E-state index in [1.165, 1.54) is 0 Å². The van der Waals surface area contributed by atoms with Crippen molar-refractivity contribution in [3.8, 4) is 11.5 Å². The number of fused-ring (bicyclic) bond motifs is 1. The van der Waals surface area contributed by atoms with E-state index in [-0.39, 0.29) is 0 Å². The lowest BCUT2D eigenvalue weighted by atomic mass is 10.0. The molecule has 2 heterocycles. The zero-order chi connectivity index (χ0) is 16.6. The molecule has 0 radical (unpaired) electrons. The Morgan fingerprint density at radius 3 is 2.33 bits per heavy atom. The number of furan rings is 1. The molecule has 5 heteroatoms. The van der Waals surface area contributed by atoms with E-state index >= 15 is 0 Å². The van der Waals surface area contributed by atoms with Crippen LogP contribution in [-0.2, 0) is 15.3 Å². The van der Waals surface area contributed by atoms with Crippen LogP contribution in [0.1, 0.15) is 11.3 Å². The van der Waals surface area contributed by atoms with Gasteiger partial charge in [0.1, 0.15) is 0 Å². The lowest BCUT2D eigenvalue weighted by molar-refractivity contribution is -0.142. The van der Waals surface area contributed by atoms with E-state index in [0.717, 1.165) is 10.9 Å². The van der Waals surface area contributed by atoms with Crippen molar-refractivity contribution in [2.24, 2.45) is 0 Å². The standard InChI is InChI=1S/C19H18O5/c1-20-15-9-8-13-12-16(24-17(13)18(15)21-2)19(22-10-11-23-19)14-6-4-3-5-7-14/h3-9,12H,10-11H2,1-2H3. The van der Waals surface area contributed by atoms with Gasteiger partial charge in [0.25, 0.3) is 5.79 Å². The molecule has 1 aromatic heterocycles. The monoisotopic (exact) mass is 326 g/mol. The Balaban J connectivity index is 1.91. The van der Waals surface area contributed by atoms with Crippen LogP contribution in [0.25, 0.3) is 11.0 Å². The second-order valence-corrected chi connectivity index (χ2v) is 5.51. The molecular weight excluding hydrogens is 308 g/mol. The summed E-state index contributed by atoms with van der Waals surface area (Å²) in [5.74, 6) is 0.738. The number of rotatable bonds is 4. The first-order valence-electron chi connectivity index (χ1n) is 7.77. The first kappa shape index (κ1) is 15.1. The predicted molar refractivity (Wildman–Crippen MR) is 88.4 cm³/mol. The second kappa shape index (κ2) is 5.85. The van der Waals surface area contributed by atoms with Crippen LogP contribution < -0.4 is 9.47 Å². The molecule has 2 aromatic carbocycles. The lowest BCUT2D eigenvalue weighted by Crippen LogP contribution is -2.27. The summed E-state index contributed by atoms with van der Waals surface area (Å²) in [4.78, 5) is 0. The second-order valence-electron chi connectivity index (χ2n) is 5.51. The summed E-state index contributed by atoms with van der Waals surface area (Å²) in [5.41, 5.74) is 1.51. The van der Waals surface area contributed by atoms with Crippen LogP contribution in [0.3, 0.4) is 0 Å². The maximum Gasteiger partial charge on any atom is 0.256 e. The van der Waals surface area contributed by atoms with Gasteiger partial charge in [-0.1, -0.05) is 30.3 Å². The van der Waals surface area contributed by atoms with Gasteiger partial charge in [0.05, 0.1) is 27.4 Å². The van der Waals surface area contributed by atoms with E-state index in [1.54, 1.807) is 14.2 Å². The minimum absolute atomic E-state index is 0.506. The van der Waals surface area contributed by atoms with Crippen molar-refractivity contribution in [1.29, 1.82) is 0 Å². The molecule has 1 aliphatic rings. The van der Waals surface area contributed by atoms with Gasteiger partial charge in [0, 0.05) is 10.9 Å². The summed E-state index contributed by atoms with van der Waals surface area (Å²) in [6, 6.07) is 15.5. The van der Waals surface area contributed by atoms with E-state index in [0.29, 0.717) is 36.1 Å². The first-order chi connectivity index (χ1) is 11.8. The molecule has 0 bridgehead atoms. The Labute approximate surface area is 139 Å². The smallest absolute Gasteiger partial charge is 0.256 e. The fourth-order valence-corrected chi connectivity index (χ4v) is 3.10. The Hall–Kier alpha value is -2.50. The highest BCUT2D eigenvalue weighted by atomic mass is 16.7. The zero-order valence-corrected chi connectivity index (χ0v) is 13.6. The van der Waals surface area contributed by atoms with Crippen molar-refractivity contribution in [3.05, 3.63) is 59.9 Å². The molecule has 124 valence electrons. The van der Waals surface area contributed by atoms with Crippen LogP contribution in [0.2, 0.25) is 0 Å². The summed E-state index contributed by atoms with van der Waals surface area (Å²) >= 11 is 0. The Kier molecular flexibility index (Phi) is 3.67. The van der Waals surface area contributed by atoms with Crippen molar-refractivity contribution in [3.63, 3.8) is 0 Å². The molecule has 0 unspecified atom stereocenters. The normalized spacial score (nSPS) is 16.4. The fourth-order valence-electron chi connectivity index (χ4n) is 3.10. The van der Waals surface area contributed by atoms with Crippen molar-refractivity contribution in [2.45, 2.75) is 5.79 Å².